The van der Waals surface area contributed by atoms with Gasteiger partial charge in [0.2, 0.25) is 17.6 Å². The van der Waals surface area contributed by atoms with Crippen LogP contribution in [0.4, 0.5) is 27.6 Å². The molecule has 0 radical (unpaired) electrons. The third-order valence-corrected chi connectivity index (χ3v) is 11.9. The molecule has 7 nitrogen and oxygen atoms in total. The number of anilines is 1. The Morgan fingerprint density at radius 1 is 0.783 bits per heavy atom. The number of phenolic OH excluding ortho intramolecular Hbond substituents is 1. The van der Waals surface area contributed by atoms with Gasteiger partial charge >= 0.3 is 0 Å². The zero-order valence-electron chi connectivity index (χ0n) is 23.8. The molecule has 4 fully saturated rings. The third kappa shape index (κ3) is 3.82. The molecule has 242 valence electrons. The molecule has 2 aliphatic heterocycles. The van der Waals surface area contributed by atoms with E-state index in [9.17, 15) is 37.5 Å². The molecule has 2 saturated heterocycles. The highest BCUT2D eigenvalue weighted by atomic mass is 35.5. The molecule has 2 aromatic rings. The number of para-hydroxylation sites is 1. The van der Waals surface area contributed by atoms with Gasteiger partial charge in [-0.25, -0.2) is 26.9 Å². The Morgan fingerprint density at radius 2 is 1.39 bits per heavy atom. The molecule has 1 N–H and O–H groups in total. The van der Waals surface area contributed by atoms with E-state index in [0.717, 1.165) is 19.3 Å². The number of alkyl halides is 2. The predicted octanol–water partition coefficient (Wildman–Crippen LogP) is 5.98. The van der Waals surface area contributed by atoms with E-state index < -0.39 is 98.1 Å². The lowest BCUT2D eigenvalue weighted by atomic mass is 9.56. The number of carbonyl (C=O) groups excluding carboxylic acids is 4. The van der Waals surface area contributed by atoms with Gasteiger partial charge < -0.3 is 5.11 Å². The molecule has 14 heteroatoms. The number of likely N-dealkylation sites (tertiary alicyclic amines) is 1. The van der Waals surface area contributed by atoms with Crippen molar-refractivity contribution in [3.8, 4) is 5.75 Å². The van der Waals surface area contributed by atoms with Crippen LogP contribution in [0, 0.1) is 46.8 Å². The first kappa shape index (κ1) is 31.1. The van der Waals surface area contributed by atoms with Crippen LogP contribution in [0.25, 0.3) is 0 Å². The van der Waals surface area contributed by atoms with Crippen molar-refractivity contribution < 1.29 is 46.2 Å². The molecule has 0 spiro atoms. The number of benzene rings is 2. The fourth-order valence-corrected chi connectivity index (χ4v) is 9.29. The zero-order chi connectivity index (χ0) is 33.0. The second kappa shape index (κ2) is 10.5. The largest absolute Gasteiger partial charge is 0.508 e. The summed E-state index contributed by atoms with van der Waals surface area (Å²) in [6.45, 7) is 0. The van der Waals surface area contributed by atoms with Crippen molar-refractivity contribution in [3.05, 3.63) is 70.6 Å². The zero-order valence-corrected chi connectivity index (χ0v) is 25.4. The van der Waals surface area contributed by atoms with Gasteiger partial charge in [-0.15, -0.1) is 23.2 Å². The Balaban J connectivity index is 1.42. The van der Waals surface area contributed by atoms with E-state index in [-0.39, 0.29) is 28.8 Å². The van der Waals surface area contributed by atoms with E-state index in [1.165, 1.54) is 29.2 Å². The van der Waals surface area contributed by atoms with Gasteiger partial charge in [-0.1, -0.05) is 49.1 Å². The van der Waals surface area contributed by atoms with Crippen LogP contribution in [0.3, 0.4) is 0 Å². The normalized spacial score (nSPS) is 32.9. The molecular formula is C32H25Cl2F5N2O5. The average molecular weight is 683 g/mol. The summed E-state index contributed by atoms with van der Waals surface area (Å²) >= 11 is 14.1. The quantitative estimate of drug-likeness (QED) is 0.107. The average Bonchev–Trinajstić information content (AvgIpc) is 3.38. The molecule has 2 saturated carbocycles. The Bertz CT molecular complexity index is 1750. The monoisotopic (exact) mass is 682 g/mol. The number of hydrogen-bond acceptors (Lipinski definition) is 5. The standard InChI is InChI=1S/C32H25Cl2F5N2O5/c33-31-12-17-14(10-11-16-19(17)28(44)40(27(16)43)13-6-2-1-3-7-13)20(15-8-4-5-9-18(15)42)32(31,34)30(46)41(29(31)45)26-24(38)22(36)21(35)23(37)25(26)39/h4-5,8-10,13,16-17,19-20,42H,1-3,6-7,11-12H2/t16-,17+,19-,20+,31+,32-/m0/s1. The van der Waals surface area contributed by atoms with Crippen molar-refractivity contribution in [2.24, 2.45) is 17.8 Å². The highest BCUT2D eigenvalue weighted by Gasteiger charge is 2.77. The molecule has 4 amide bonds. The number of fused-ring (bicyclic) bond motifs is 4. The summed E-state index contributed by atoms with van der Waals surface area (Å²) in [5.41, 5.74) is -1.58. The number of hydrogen-bond donors (Lipinski definition) is 1. The number of aromatic hydroxyl groups is 1. The van der Waals surface area contributed by atoms with E-state index in [4.69, 9.17) is 23.2 Å². The fourth-order valence-electron chi connectivity index (χ4n) is 8.37. The molecule has 2 aromatic carbocycles. The van der Waals surface area contributed by atoms with E-state index in [1.807, 2.05) is 0 Å². The molecule has 2 heterocycles. The van der Waals surface area contributed by atoms with Crippen molar-refractivity contribution >= 4 is 52.5 Å². The summed E-state index contributed by atoms with van der Waals surface area (Å²) in [5.74, 6) is -21.0. The summed E-state index contributed by atoms with van der Waals surface area (Å²) in [6.07, 6.45) is 5.00. The molecule has 0 bridgehead atoms. The minimum Gasteiger partial charge on any atom is -0.508 e. The van der Waals surface area contributed by atoms with Crippen LogP contribution in [-0.2, 0) is 19.2 Å². The fraction of sp³-hybridized carbons (Fsp3) is 0.438. The van der Waals surface area contributed by atoms with Gasteiger partial charge in [0.1, 0.15) is 11.4 Å². The highest BCUT2D eigenvalue weighted by Crippen LogP contribution is 2.66. The maximum Gasteiger partial charge on any atom is 0.258 e. The molecule has 5 aliphatic rings. The minimum absolute atomic E-state index is 0.0294. The lowest BCUT2D eigenvalue weighted by Crippen LogP contribution is -2.60. The number of rotatable bonds is 3. The SMILES string of the molecule is O=C1[C@H]2[C@H](CC=C3[C@H]2C[C@@]2(Cl)C(=O)N(c4c(F)c(F)c(F)c(F)c4F)C(=O)[C@@]2(Cl)[C@H]3c2ccccc2O)C(=O)N1C1CCCCC1. The van der Waals surface area contributed by atoms with Crippen molar-refractivity contribution in [1.82, 2.24) is 4.90 Å². The molecular weight excluding hydrogens is 658 g/mol. The number of nitrogens with zero attached hydrogens (tertiary/aromatic N) is 2. The van der Waals surface area contributed by atoms with Crippen LogP contribution in [0.1, 0.15) is 56.4 Å². The Morgan fingerprint density at radius 3 is 2.02 bits per heavy atom. The molecule has 46 heavy (non-hydrogen) atoms. The minimum atomic E-state index is -2.67. The predicted molar refractivity (Wildman–Crippen MR) is 153 cm³/mol. The maximum absolute atomic E-state index is 15.1. The second-order valence-corrected chi connectivity index (χ2v) is 13.8. The van der Waals surface area contributed by atoms with Gasteiger partial charge in [0.25, 0.3) is 11.8 Å². The Kier molecular flexibility index (Phi) is 7.10. The third-order valence-electron chi connectivity index (χ3n) is 10.4. The topological polar surface area (TPSA) is 95.0 Å². The first-order valence-corrected chi connectivity index (χ1v) is 15.7. The van der Waals surface area contributed by atoms with Crippen molar-refractivity contribution in [2.75, 3.05) is 4.90 Å². The van der Waals surface area contributed by atoms with Gasteiger partial charge in [0.05, 0.1) is 11.8 Å². The summed E-state index contributed by atoms with van der Waals surface area (Å²) in [4.78, 5) is 51.9. The highest BCUT2D eigenvalue weighted by molar-refractivity contribution is 6.58. The lowest BCUT2D eigenvalue weighted by Gasteiger charge is -2.50. The van der Waals surface area contributed by atoms with Crippen LogP contribution in [0.15, 0.2) is 35.9 Å². The molecule has 6 atom stereocenters. The van der Waals surface area contributed by atoms with Gasteiger partial charge in [-0.05, 0) is 37.7 Å². The van der Waals surface area contributed by atoms with Crippen LogP contribution in [0.2, 0.25) is 0 Å². The van der Waals surface area contributed by atoms with Crippen LogP contribution < -0.4 is 4.90 Å². The molecule has 7 rings (SSSR count). The Hall–Kier alpha value is -3.51. The molecule has 3 aliphatic carbocycles. The number of allylic oxidation sites excluding steroid dienone is 2. The van der Waals surface area contributed by atoms with Crippen LogP contribution in [0.5, 0.6) is 5.75 Å². The van der Waals surface area contributed by atoms with Crippen molar-refractivity contribution in [1.29, 1.82) is 0 Å². The van der Waals surface area contributed by atoms with Crippen molar-refractivity contribution in [3.63, 3.8) is 0 Å². The van der Waals surface area contributed by atoms with Crippen LogP contribution >= 0.6 is 23.2 Å². The number of phenols is 1. The van der Waals surface area contributed by atoms with Gasteiger partial charge in [0.15, 0.2) is 33.0 Å². The first-order chi connectivity index (χ1) is 21.8. The van der Waals surface area contributed by atoms with Crippen molar-refractivity contribution in [2.45, 2.75) is 66.7 Å². The molecule has 0 aromatic heterocycles. The first-order valence-electron chi connectivity index (χ1n) is 14.9. The van der Waals surface area contributed by atoms with E-state index in [1.54, 1.807) is 6.08 Å². The molecule has 0 unspecified atom stereocenters. The second-order valence-electron chi connectivity index (χ2n) is 12.6. The number of amides is 4. The van der Waals surface area contributed by atoms with E-state index >= 15 is 8.78 Å². The smallest absolute Gasteiger partial charge is 0.258 e. The van der Waals surface area contributed by atoms with E-state index in [2.05, 4.69) is 0 Å². The maximum atomic E-state index is 15.1. The van der Waals surface area contributed by atoms with Gasteiger partial charge in [-0.3, -0.25) is 24.1 Å². The number of imide groups is 2. The summed E-state index contributed by atoms with van der Waals surface area (Å²) in [6, 6.07) is 5.28. The number of carbonyl (C=O) groups is 4. The van der Waals surface area contributed by atoms with Crippen LogP contribution in [-0.4, -0.2) is 49.4 Å². The van der Waals surface area contributed by atoms with E-state index in [0.29, 0.717) is 18.4 Å². The summed E-state index contributed by atoms with van der Waals surface area (Å²) in [7, 11) is 0. The number of halogens is 7. The van der Waals surface area contributed by atoms with Gasteiger partial charge in [0, 0.05) is 17.5 Å². The lowest BCUT2D eigenvalue weighted by molar-refractivity contribution is -0.143. The summed E-state index contributed by atoms with van der Waals surface area (Å²) in [5, 5.41) is 11.0. The summed E-state index contributed by atoms with van der Waals surface area (Å²) < 4.78 is 72.8. The Labute approximate surface area is 268 Å². The van der Waals surface area contributed by atoms with Gasteiger partial charge in [-0.2, -0.15) is 0 Å².